The number of carbonyl (C=O) groups is 3. The van der Waals surface area contributed by atoms with Crippen LogP contribution in [0.3, 0.4) is 0 Å². The molecule has 11 nitrogen and oxygen atoms in total. The van der Waals surface area contributed by atoms with E-state index in [4.69, 9.17) is 29.4 Å². The second-order valence-corrected chi connectivity index (χ2v) is 7.97. The number of ketones is 2. The van der Waals surface area contributed by atoms with Crippen LogP contribution in [-0.2, 0) is 33.3 Å². The Hall–Kier alpha value is -2.47. The van der Waals surface area contributed by atoms with Crippen molar-refractivity contribution in [2.45, 2.75) is 30.8 Å². The molecule has 4 heterocycles. The molecule has 0 aromatic carbocycles. The summed E-state index contributed by atoms with van der Waals surface area (Å²) in [5.74, 6) is -1.46. The number of Topliss-reactive ketones (excluding diaryl/α,β-unsaturated/α-hetero) is 2. The van der Waals surface area contributed by atoms with Crippen LogP contribution in [0, 0.1) is 5.92 Å². The summed E-state index contributed by atoms with van der Waals surface area (Å²) < 4.78 is 27.3. The van der Waals surface area contributed by atoms with Gasteiger partial charge in [0, 0.05) is 30.8 Å². The van der Waals surface area contributed by atoms with Crippen LogP contribution in [0.5, 0.6) is 0 Å². The van der Waals surface area contributed by atoms with Gasteiger partial charge in [-0.2, -0.15) is 0 Å². The number of nitrogens with two attached hydrogens (primary N) is 1. The van der Waals surface area contributed by atoms with Crippen molar-refractivity contribution >= 4 is 17.7 Å². The number of nitrogens with zero attached hydrogens (tertiary/aromatic N) is 1. The molecular weight excluding hydrogens is 398 g/mol. The van der Waals surface area contributed by atoms with Crippen LogP contribution in [0.25, 0.3) is 0 Å². The number of piperazine rings is 1. The number of rotatable bonds is 5. The van der Waals surface area contributed by atoms with Crippen LogP contribution < -0.4 is 11.1 Å². The molecule has 4 atom stereocenters. The smallest absolute Gasteiger partial charge is 0.404 e. The Morgan fingerprint density at radius 3 is 2.70 bits per heavy atom. The highest BCUT2D eigenvalue weighted by molar-refractivity contribution is 6.25. The molecule has 3 saturated heterocycles. The molecule has 162 valence electrons. The summed E-state index contributed by atoms with van der Waals surface area (Å²) in [6.07, 6.45) is -1.47. The van der Waals surface area contributed by atoms with E-state index in [1.165, 1.54) is 7.11 Å². The van der Waals surface area contributed by atoms with E-state index in [1.807, 2.05) is 4.90 Å². The van der Waals surface area contributed by atoms with E-state index in [1.54, 1.807) is 6.92 Å². The number of methoxy groups -OCH3 is 1. The molecule has 5 aliphatic rings. The molecule has 5 rings (SSSR count). The highest BCUT2D eigenvalue weighted by Gasteiger charge is 2.72. The van der Waals surface area contributed by atoms with E-state index in [-0.39, 0.29) is 67.1 Å². The van der Waals surface area contributed by atoms with Gasteiger partial charge in [0.05, 0.1) is 30.9 Å². The number of nitrogens with one attached hydrogen (secondary N) is 1. The molecule has 0 bridgehead atoms. The molecule has 30 heavy (non-hydrogen) atoms. The van der Waals surface area contributed by atoms with Gasteiger partial charge >= 0.3 is 6.09 Å². The summed E-state index contributed by atoms with van der Waals surface area (Å²) in [6.45, 7) is 2.55. The largest absolute Gasteiger partial charge is 0.481 e. The molecule has 0 spiro atoms. The van der Waals surface area contributed by atoms with E-state index in [0.717, 1.165) is 0 Å². The van der Waals surface area contributed by atoms with E-state index >= 15 is 0 Å². The average Bonchev–Trinajstić information content (AvgIpc) is 3.35. The van der Waals surface area contributed by atoms with Crippen molar-refractivity contribution < 1.29 is 38.1 Å². The highest BCUT2D eigenvalue weighted by Crippen LogP contribution is 2.55. The summed E-state index contributed by atoms with van der Waals surface area (Å²) in [6, 6.07) is 0.0384. The normalized spacial score (nSPS) is 35.4. The summed E-state index contributed by atoms with van der Waals surface area (Å²) in [5, 5.41) is 3.31. The Bertz CT molecular complexity index is 892. The number of fused-ring (bicyclic) bond motifs is 4. The zero-order valence-corrected chi connectivity index (χ0v) is 16.6. The predicted octanol–water partition coefficient (Wildman–Crippen LogP) is -1.22. The van der Waals surface area contributed by atoms with Crippen molar-refractivity contribution in [3.8, 4) is 0 Å². The summed E-state index contributed by atoms with van der Waals surface area (Å²) >= 11 is 0. The maximum absolute atomic E-state index is 13.6. The van der Waals surface area contributed by atoms with Gasteiger partial charge < -0.3 is 39.6 Å². The van der Waals surface area contributed by atoms with Crippen LogP contribution in [0.4, 0.5) is 4.79 Å². The number of amides is 1. The van der Waals surface area contributed by atoms with Crippen molar-refractivity contribution in [1.29, 1.82) is 0 Å². The van der Waals surface area contributed by atoms with Crippen LogP contribution in [0.15, 0.2) is 22.6 Å². The lowest BCUT2D eigenvalue weighted by Gasteiger charge is -2.39. The Morgan fingerprint density at radius 2 is 2.03 bits per heavy atom. The molecule has 1 aliphatic carbocycles. The van der Waals surface area contributed by atoms with E-state index < -0.39 is 29.6 Å². The summed E-state index contributed by atoms with van der Waals surface area (Å²) in [5.41, 5.74) is 4.91. The molecular formula is C19H23N3O8. The zero-order chi connectivity index (χ0) is 21.2. The third-order valence-corrected chi connectivity index (χ3v) is 6.43. The van der Waals surface area contributed by atoms with Gasteiger partial charge in [-0.05, 0) is 6.92 Å². The predicted molar refractivity (Wildman–Crippen MR) is 97.6 cm³/mol. The topological polar surface area (TPSA) is 149 Å². The maximum atomic E-state index is 13.6. The monoisotopic (exact) mass is 421 g/mol. The van der Waals surface area contributed by atoms with Gasteiger partial charge in [-0.1, -0.05) is 0 Å². The number of carbonyl (C=O) groups excluding carboxylic acids is 3. The third-order valence-electron chi connectivity index (χ3n) is 6.43. The Kier molecular flexibility index (Phi) is 4.40. The molecule has 0 aromatic heterocycles. The molecule has 0 aromatic rings. The van der Waals surface area contributed by atoms with Gasteiger partial charge in [-0.3, -0.25) is 9.59 Å². The van der Waals surface area contributed by atoms with Gasteiger partial charge in [-0.15, -0.1) is 0 Å². The minimum Gasteiger partial charge on any atom is -0.481 e. The lowest BCUT2D eigenvalue weighted by Crippen LogP contribution is -2.55. The molecule has 3 N–H and O–H groups in total. The molecule has 3 fully saturated rings. The Labute approximate surface area is 172 Å². The SMILES string of the molecule is COC12C(COC(N)=O)C3=C(C(=O)C(C)=C(OC4COCOC4)C3=O)N1CC1NC12. The molecule has 0 radical (unpaired) electrons. The second kappa shape index (κ2) is 6.77. The molecule has 11 heteroatoms. The highest BCUT2D eigenvalue weighted by atomic mass is 16.7. The lowest BCUT2D eigenvalue weighted by atomic mass is 9.83. The number of ether oxygens (including phenoxy) is 5. The van der Waals surface area contributed by atoms with Crippen LogP contribution in [0.2, 0.25) is 0 Å². The van der Waals surface area contributed by atoms with Gasteiger partial charge in [0.1, 0.15) is 19.5 Å². The lowest BCUT2D eigenvalue weighted by molar-refractivity contribution is -0.160. The minimum absolute atomic E-state index is 0.0327. The van der Waals surface area contributed by atoms with Crippen molar-refractivity contribution in [2.75, 3.05) is 40.3 Å². The fourth-order valence-corrected chi connectivity index (χ4v) is 5.11. The first-order chi connectivity index (χ1) is 14.4. The van der Waals surface area contributed by atoms with E-state index in [9.17, 15) is 14.4 Å². The summed E-state index contributed by atoms with van der Waals surface area (Å²) in [4.78, 5) is 40.1. The maximum Gasteiger partial charge on any atom is 0.404 e. The number of primary amides is 1. The molecule has 4 unspecified atom stereocenters. The standard InChI is InChI=1S/C19H23N3O8/c1-8-14(23)13-12(15(24)16(8)30-9-4-27-7-28-5-9)10(6-29-18(20)25)19(26-2)17-11(21-17)3-22(13)19/h9-11,17,21H,3-7H2,1-2H3,(H2,20,25). The van der Waals surface area contributed by atoms with Crippen LogP contribution >= 0.6 is 0 Å². The number of allylic oxidation sites excluding steroid dienone is 2. The quantitative estimate of drug-likeness (QED) is 0.409. The van der Waals surface area contributed by atoms with Crippen LogP contribution in [-0.4, -0.2) is 86.7 Å². The van der Waals surface area contributed by atoms with E-state index in [2.05, 4.69) is 5.32 Å². The fraction of sp³-hybridized carbons (Fsp3) is 0.632. The van der Waals surface area contributed by atoms with Crippen molar-refractivity contribution in [3.63, 3.8) is 0 Å². The number of hydrogen-bond acceptors (Lipinski definition) is 10. The average molecular weight is 421 g/mol. The van der Waals surface area contributed by atoms with Crippen LogP contribution in [0.1, 0.15) is 6.92 Å². The first-order valence-electron chi connectivity index (χ1n) is 9.77. The van der Waals surface area contributed by atoms with Crippen molar-refractivity contribution in [2.24, 2.45) is 11.7 Å². The summed E-state index contributed by atoms with van der Waals surface area (Å²) in [7, 11) is 1.52. The first-order valence-corrected chi connectivity index (χ1v) is 9.77. The van der Waals surface area contributed by atoms with Gasteiger partial charge in [0.2, 0.25) is 11.6 Å². The van der Waals surface area contributed by atoms with Crippen molar-refractivity contribution in [3.05, 3.63) is 22.6 Å². The second-order valence-electron chi connectivity index (χ2n) is 7.97. The minimum atomic E-state index is -1.01. The Balaban J connectivity index is 1.53. The number of hydrogen-bond donors (Lipinski definition) is 2. The fourth-order valence-electron chi connectivity index (χ4n) is 5.11. The van der Waals surface area contributed by atoms with E-state index in [0.29, 0.717) is 6.54 Å². The van der Waals surface area contributed by atoms with Gasteiger partial charge in [0.25, 0.3) is 0 Å². The molecule has 1 amide bonds. The third kappa shape index (κ3) is 2.56. The van der Waals surface area contributed by atoms with Gasteiger partial charge in [0.15, 0.2) is 11.5 Å². The zero-order valence-electron chi connectivity index (χ0n) is 16.6. The molecule has 4 aliphatic heterocycles. The molecule has 0 saturated carbocycles. The van der Waals surface area contributed by atoms with Gasteiger partial charge in [-0.25, -0.2) is 4.79 Å². The Morgan fingerprint density at radius 1 is 1.30 bits per heavy atom. The van der Waals surface area contributed by atoms with Crippen molar-refractivity contribution in [1.82, 2.24) is 10.2 Å². The first kappa shape index (κ1) is 19.5.